The number of carbonyl (C=O) groups is 2. The van der Waals surface area contributed by atoms with Crippen LogP contribution in [0.3, 0.4) is 0 Å². The first-order chi connectivity index (χ1) is 15.5. The van der Waals surface area contributed by atoms with Crippen molar-refractivity contribution in [2.24, 2.45) is 0 Å². The lowest BCUT2D eigenvalue weighted by Gasteiger charge is -2.25. The van der Waals surface area contributed by atoms with Crippen molar-refractivity contribution < 1.29 is 24.2 Å². The number of hydrogen-bond acceptors (Lipinski definition) is 6. The van der Waals surface area contributed by atoms with Gasteiger partial charge in [-0.05, 0) is 60.2 Å². The predicted octanol–water partition coefficient (Wildman–Crippen LogP) is 4.49. The van der Waals surface area contributed by atoms with Gasteiger partial charge in [-0.25, -0.2) is 0 Å². The molecule has 7 nitrogen and oxygen atoms in total. The third kappa shape index (κ3) is 3.73. The van der Waals surface area contributed by atoms with Gasteiger partial charge in [0.25, 0.3) is 11.7 Å². The highest BCUT2D eigenvalue weighted by molar-refractivity contribution is 9.10. The molecule has 32 heavy (non-hydrogen) atoms. The number of benzene rings is 2. The normalized spacial score (nSPS) is 17.5. The Balaban J connectivity index is 1.97. The summed E-state index contributed by atoms with van der Waals surface area (Å²) in [6.07, 6.45) is 3.15. The van der Waals surface area contributed by atoms with Gasteiger partial charge in [0.05, 0.1) is 31.4 Å². The van der Waals surface area contributed by atoms with Crippen molar-refractivity contribution in [3.63, 3.8) is 0 Å². The number of rotatable bonds is 5. The molecule has 1 aliphatic heterocycles. The number of pyridine rings is 1. The molecule has 0 bridgehead atoms. The fourth-order valence-electron chi connectivity index (χ4n) is 3.71. The summed E-state index contributed by atoms with van der Waals surface area (Å²) in [6.45, 7) is 0. The van der Waals surface area contributed by atoms with E-state index in [0.29, 0.717) is 22.7 Å². The molecule has 0 saturated carbocycles. The zero-order valence-corrected chi connectivity index (χ0v) is 18.9. The molecule has 8 heteroatoms. The van der Waals surface area contributed by atoms with Crippen LogP contribution < -0.4 is 14.4 Å². The summed E-state index contributed by atoms with van der Waals surface area (Å²) in [5.74, 6) is -1.07. The minimum Gasteiger partial charge on any atom is -0.507 e. The number of aliphatic hydroxyl groups excluding tert-OH is 1. The predicted molar refractivity (Wildman–Crippen MR) is 123 cm³/mol. The number of ketones is 1. The van der Waals surface area contributed by atoms with Gasteiger partial charge in [-0.1, -0.05) is 15.9 Å². The van der Waals surface area contributed by atoms with E-state index in [9.17, 15) is 14.7 Å². The SMILES string of the molecule is COc1ccc(OC)c(/C(O)=C2\C(=O)C(=O)N(c3ccc(Br)cc3)C2c2ccncc2)c1. The van der Waals surface area contributed by atoms with Crippen molar-refractivity contribution >= 4 is 39.1 Å². The summed E-state index contributed by atoms with van der Waals surface area (Å²) in [5, 5.41) is 11.3. The monoisotopic (exact) mass is 494 g/mol. The summed E-state index contributed by atoms with van der Waals surface area (Å²) in [5.41, 5.74) is 1.36. The summed E-state index contributed by atoms with van der Waals surface area (Å²) >= 11 is 3.38. The molecule has 0 radical (unpaired) electrons. The highest BCUT2D eigenvalue weighted by Crippen LogP contribution is 2.43. The lowest BCUT2D eigenvalue weighted by Crippen LogP contribution is -2.29. The Morgan fingerprint density at radius 3 is 2.31 bits per heavy atom. The Morgan fingerprint density at radius 2 is 1.69 bits per heavy atom. The van der Waals surface area contributed by atoms with Crippen LogP contribution in [0.2, 0.25) is 0 Å². The van der Waals surface area contributed by atoms with Gasteiger partial charge in [0.15, 0.2) is 0 Å². The Labute approximate surface area is 193 Å². The molecule has 3 aromatic rings. The molecule has 1 aromatic heterocycles. The molecule has 2 heterocycles. The van der Waals surface area contributed by atoms with Gasteiger partial charge in [-0.15, -0.1) is 0 Å². The molecule has 4 rings (SSSR count). The van der Waals surface area contributed by atoms with Gasteiger partial charge in [-0.3, -0.25) is 19.5 Å². The Bertz CT molecular complexity index is 1210. The number of anilines is 1. The fourth-order valence-corrected chi connectivity index (χ4v) is 3.97. The maximum atomic E-state index is 13.2. The smallest absolute Gasteiger partial charge is 0.300 e. The van der Waals surface area contributed by atoms with E-state index in [0.717, 1.165) is 4.47 Å². The largest absolute Gasteiger partial charge is 0.507 e. The van der Waals surface area contributed by atoms with Crippen LogP contribution in [0.4, 0.5) is 5.69 Å². The second-order valence-corrected chi connectivity index (χ2v) is 7.91. The van der Waals surface area contributed by atoms with Crippen LogP contribution in [0.25, 0.3) is 5.76 Å². The summed E-state index contributed by atoms with van der Waals surface area (Å²) in [4.78, 5) is 31.8. The van der Waals surface area contributed by atoms with Gasteiger partial charge in [0.2, 0.25) is 0 Å². The van der Waals surface area contributed by atoms with E-state index >= 15 is 0 Å². The van der Waals surface area contributed by atoms with Crippen LogP contribution in [0.5, 0.6) is 11.5 Å². The van der Waals surface area contributed by atoms with E-state index in [1.807, 2.05) is 0 Å². The summed E-state index contributed by atoms with van der Waals surface area (Å²) in [7, 11) is 2.95. The number of aromatic nitrogens is 1. The minimum absolute atomic E-state index is 0.0457. The van der Waals surface area contributed by atoms with E-state index in [2.05, 4.69) is 20.9 Å². The van der Waals surface area contributed by atoms with E-state index in [1.165, 1.54) is 19.1 Å². The maximum absolute atomic E-state index is 13.2. The highest BCUT2D eigenvalue weighted by Gasteiger charge is 2.47. The van der Waals surface area contributed by atoms with Crippen LogP contribution in [0, 0.1) is 0 Å². The summed E-state index contributed by atoms with van der Waals surface area (Å²) < 4.78 is 11.5. The second kappa shape index (κ2) is 8.84. The van der Waals surface area contributed by atoms with Gasteiger partial charge in [0, 0.05) is 22.6 Å². The molecule has 1 aliphatic rings. The third-order valence-corrected chi connectivity index (χ3v) is 5.76. The molecular weight excluding hydrogens is 476 g/mol. The zero-order valence-electron chi connectivity index (χ0n) is 17.3. The molecule has 1 atom stereocenters. The molecule has 0 spiro atoms. The highest BCUT2D eigenvalue weighted by atomic mass is 79.9. The van der Waals surface area contributed by atoms with Crippen molar-refractivity contribution in [1.82, 2.24) is 4.98 Å². The van der Waals surface area contributed by atoms with Gasteiger partial charge < -0.3 is 14.6 Å². The lowest BCUT2D eigenvalue weighted by atomic mass is 9.95. The molecule has 0 aliphatic carbocycles. The molecular formula is C24H19BrN2O5. The van der Waals surface area contributed by atoms with Crippen LogP contribution in [0.1, 0.15) is 17.2 Å². The minimum atomic E-state index is -0.852. The van der Waals surface area contributed by atoms with E-state index in [4.69, 9.17) is 9.47 Å². The summed E-state index contributed by atoms with van der Waals surface area (Å²) in [6, 6.07) is 14.4. The molecule has 1 fully saturated rings. The average molecular weight is 495 g/mol. The molecule has 1 unspecified atom stereocenters. The van der Waals surface area contributed by atoms with Crippen molar-refractivity contribution in [2.45, 2.75) is 6.04 Å². The topological polar surface area (TPSA) is 89.0 Å². The van der Waals surface area contributed by atoms with Crippen molar-refractivity contribution in [1.29, 1.82) is 0 Å². The van der Waals surface area contributed by atoms with Crippen LogP contribution in [-0.4, -0.2) is 36.0 Å². The van der Waals surface area contributed by atoms with E-state index in [-0.39, 0.29) is 16.9 Å². The number of hydrogen-bond donors (Lipinski definition) is 1. The van der Waals surface area contributed by atoms with Crippen LogP contribution >= 0.6 is 15.9 Å². The quantitative estimate of drug-likeness (QED) is 0.319. The van der Waals surface area contributed by atoms with Crippen LogP contribution in [0.15, 0.2) is 77.0 Å². The van der Waals surface area contributed by atoms with Gasteiger partial charge in [-0.2, -0.15) is 0 Å². The Morgan fingerprint density at radius 1 is 1.00 bits per heavy atom. The third-order valence-electron chi connectivity index (χ3n) is 5.23. The molecule has 1 N–H and O–H groups in total. The molecule has 2 aromatic carbocycles. The number of amides is 1. The van der Waals surface area contributed by atoms with Gasteiger partial charge in [0.1, 0.15) is 17.3 Å². The van der Waals surface area contributed by atoms with E-state index in [1.54, 1.807) is 67.0 Å². The number of carbonyl (C=O) groups excluding carboxylic acids is 2. The van der Waals surface area contributed by atoms with Crippen molar-refractivity contribution in [2.75, 3.05) is 19.1 Å². The first kappa shape index (κ1) is 21.6. The first-order valence-corrected chi connectivity index (χ1v) is 10.4. The Hall–Kier alpha value is -3.65. The second-order valence-electron chi connectivity index (χ2n) is 6.99. The van der Waals surface area contributed by atoms with Crippen LogP contribution in [-0.2, 0) is 9.59 Å². The van der Waals surface area contributed by atoms with Crippen molar-refractivity contribution in [3.05, 3.63) is 88.2 Å². The molecule has 1 amide bonds. The molecule has 162 valence electrons. The number of halogens is 1. The number of aliphatic hydroxyl groups is 1. The maximum Gasteiger partial charge on any atom is 0.300 e. The van der Waals surface area contributed by atoms with Gasteiger partial charge >= 0.3 is 0 Å². The average Bonchev–Trinajstić information content (AvgIpc) is 3.09. The Kier molecular flexibility index (Phi) is 5.96. The van der Waals surface area contributed by atoms with E-state index < -0.39 is 17.7 Å². The standard InChI is InChI=1S/C24H19BrN2O5/c1-31-17-7-8-19(32-2)18(13-17)22(28)20-21(14-9-11-26-12-10-14)27(24(30)23(20)29)16-5-3-15(25)4-6-16/h3-13,21,28H,1-2H3/b22-20+. The lowest BCUT2D eigenvalue weighted by molar-refractivity contribution is -0.132. The molecule has 1 saturated heterocycles. The number of Topliss-reactive ketones (excluding diaryl/α,β-unsaturated/α-hetero) is 1. The van der Waals surface area contributed by atoms with Crippen molar-refractivity contribution in [3.8, 4) is 11.5 Å². The number of nitrogens with zero attached hydrogens (tertiary/aromatic N) is 2. The zero-order chi connectivity index (χ0) is 22.8. The fraction of sp³-hybridized carbons (Fsp3) is 0.125. The number of methoxy groups -OCH3 is 2. The number of ether oxygens (including phenoxy) is 2. The first-order valence-electron chi connectivity index (χ1n) is 9.65.